The van der Waals surface area contributed by atoms with Gasteiger partial charge in [0.25, 0.3) is 23.6 Å². The fraction of sp³-hybridized carbons (Fsp3) is 0.679. The largest absolute Gasteiger partial charge is 0.480 e. The molecule has 6 amide bonds. The molecule has 53 heteroatoms. The van der Waals surface area contributed by atoms with Gasteiger partial charge in [-0.15, -0.1) is 0 Å². The third-order valence-electron chi connectivity index (χ3n) is 16.9. The first-order chi connectivity index (χ1) is 61.1. The number of carbonyl (C=O) groups is 25. The van der Waals surface area contributed by atoms with Gasteiger partial charge in [0.05, 0.1) is 59.2 Å². The van der Waals surface area contributed by atoms with Crippen LogP contribution in [0.2, 0.25) is 0 Å². The molecule has 7 N–H and O–H groups in total. The minimum absolute atomic E-state index is 0.467. The third kappa shape index (κ3) is 53.9. The standard InChI is InChI=1S/C78H117N9O44/c1-42(88)116-33-17-58(120-46(5)92)67(124-50(9)96)71(128-54(13)100)75(112)79-21-25-86(26-22-80-76(113)72(129-55(14)101)68(125-51(10)97)59(121-47(6)93)18-34-117-43(2)89)62(104)37-84(40-65(108)109)31-29-83(39-64(106)107)30-32-85(41-66(110)111)38-63(105)87(27-23-81-77(114)73(130-56(15)102)69(126-52(11)98)60(122-48(7)94)19-35-118-44(3)90)28-24-82-78(115)74(131-57(16)103)70(127-53(12)99)61(123-49(8)95)20-36-119-45(4)91/h58-61,67-74H,17-41H2,1-16H3,(H,79,112)(H,80,113)(H,81,114)(H,82,115)(H,106,107)(H,108,109)(H,110,111)/t58-,59-,60-,61-,67+,68+,69+,70+,71-,72-,73-,74-/m1/s1. The topological polar surface area (TPSA) is 699 Å². The summed E-state index contributed by atoms with van der Waals surface area (Å²) in [6.07, 6.45) is -25.3. The molecule has 0 aliphatic rings. The number of carboxylic acid groups (broad SMARTS) is 3. The van der Waals surface area contributed by atoms with Crippen molar-refractivity contribution in [3.8, 4) is 0 Å². The van der Waals surface area contributed by atoms with Gasteiger partial charge in [-0.05, 0) is 0 Å². The van der Waals surface area contributed by atoms with E-state index in [9.17, 15) is 135 Å². The Morgan fingerprint density at radius 3 is 0.565 bits per heavy atom. The first-order valence-corrected chi connectivity index (χ1v) is 40.2. The molecular weight excluding hydrogens is 1770 g/mol. The van der Waals surface area contributed by atoms with E-state index in [-0.39, 0.29) is 0 Å². The van der Waals surface area contributed by atoms with Crippen LogP contribution in [-0.4, -0.2) is 400 Å². The van der Waals surface area contributed by atoms with Crippen LogP contribution in [0.5, 0.6) is 0 Å². The van der Waals surface area contributed by atoms with Crippen LogP contribution in [0.1, 0.15) is 136 Å². The van der Waals surface area contributed by atoms with Crippen LogP contribution in [0.3, 0.4) is 0 Å². The van der Waals surface area contributed by atoms with E-state index in [1.54, 1.807) is 0 Å². The number of aliphatic carboxylic acids is 3. The monoisotopic (exact) mass is 1880 g/mol. The summed E-state index contributed by atoms with van der Waals surface area (Å²) >= 11 is 0. The number of carboxylic acids is 3. The minimum Gasteiger partial charge on any atom is -0.480 e. The Bertz CT molecular complexity index is 3540. The van der Waals surface area contributed by atoms with Crippen LogP contribution in [-0.2, 0) is 196 Å². The summed E-state index contributed by atoms with van der Waals surface area (Å²) < 4.78 is 83.6. The lowest BCUT2D eigenvalue weighted by atomic mass is 10.0. The second kappa shape index (κ2) is 62.8. The summed E-state index contributed by atoms with van der Waals surface area (Å²) in [5.74, 6) is -28.7. The Morgan fingerprint density at radius 1 is 0.221 bits per heavy atom. The third-order valence-corrected chi connectivity index (χ3v) is 16.9. The molecule has 0 aliphatic heterocycles. The van der Waals surface area contributed by atoms with Gasteiger partial charge in [0.15, 0.2) is 24.4 Å². The van der Waals surface area contributed by atoms with Gasteiger partial charge in [-0.25, -0.2) is 0 Å². The van der Waals surface area contributed by atoms with Gasteiger partial charge in [0.1, 0.15) is 24.4 Å². The number of rotatable bonds is 64. The number of nitrogens with one attached hydrogen (secondary N) is 4. The molecule has 0 radical (unpaired) electrons. The molecule has 0 spiro atoms. The molecule has 131 heavy (non-hydrogen) atoms. The number of amides is 6. The number of hydrogen-bond acceptors (Lipinski definition) is 44. The van der Waals surface area contributed by atoms with Crippen LogP contribution >= 0.6 is 0 Å². The fourth-order valence-electron chi connectivity index (χ4n) is 12.0. The molecule has 0 aromatic carbocycles. The number of nitrogens with zero attached hydrogens (tertiary/aromatic N) is 5. The summed E-state index contributed by atoms with van der Waals surface area (Å²) in [6, 6.07) is 0. The quantitative estimate of drug-likeness (QED) is 0.0220. The number of esters is 16. The molecule has 53 nitrogen and oxygen atoms in total. The van der Waals surface area contributed by atoms with Gasteiger partial charge in [0.2, 0.25) is 36.2 Å². The van der Waals surface area contributed by atoms with E-state index >= 15 is 0 Å². The van der Waals surface area contributed by atoms with Crippen LogP contribution in [0.15, 0.2) is 0 Å². The summed E-state index contributed by atoms with van der Waals surface area (Å²) in [7, 11) is 0. The lowest BCUT2D eigenvalue weighted by molar-refractivity contribution is -0.187. The molecule has 0 aliphatic carbocycles. The summed E-state index contributed by atoms with van der Waals surface area (Å²) in [4.78, 5) is 327. The highest BCUT2D eigenvalue weighted by Gasteiger charge is 2.47. The Kier molecular flexibility index (Phi) is 56.4. The van der Waals surface area contributed by atoms with Crippen molar-refractivity contribution in [3.05, 3.63) is 0 Å². The molecule has 0 heterocycles. The van der Waals surface area contributed by atoms with Crippen LogP contribution in [0.4, 0.5) is 0 Å². The maximum Gasteiger partial charge on any atom is 0.317 e. The average Bonchev–Trinajstić information content (AvgIpc) is 0.849. The summed E-state index contributed by atoms with van der Waals surface area (Å²) in [6.45, 7) is -0.184. The molecule has 0 saturated carbocycles. The highest BCUT2D eigenvalue weighted by Crippen LogP contribution is 2.23. The van der Waals surface area contributed by atoms with Gasteiger partial charge in [-0.2, -0.15) is 0 Å². The molecule has 0 saturated heterocycles. The number of ether oxygens (including phenoxy) is 16. The van der Waals surface area contributed by atoms with E-state index in [0.717, 1.165) is 135 Å². The molecule has 0 aromatic heterocycles. The zero-order valence-electron chi connectivity index (χ0n) is 75.4. The van der Waals surface area contributed by atoms with Crippen molar-refractivity contribution >= 4 is 149 Å². The van der Waals surface area contributed by atoms with Crippen molar-refractivity contribution in [2.24, 2.45) is 0 Å². The highest BCUT2D eigenvalue weighted by molar-refractivity contribution is 5.88. The zero-order chi connectivity index (χ0) is 100. The zero-order valence-corrected chi connectivity index (χ0v) is 75.4. The van der Waals surface area contributed by atoms with E-state index in [0.29, 0.717) is 0 Å². The average molecular weight is 1880 g/mol. The van der Waals surface area contributed by atoms with E-state index < -0.39 is 385 Å². The van der Waals surface area contributed by atoms with Crippen molar-refractivity contribution in [2.45, 2.75) is 210 Å². The highest BCUT2D eigenvalue weighted by atomic mass is 16.7. The maximum absolute atomic E-state index is 14.8. The Balaban J connectivity index is 8.28. The van der Waals surface area contributed by atoms with Gasteiger partial charge in [0, 0.05) is 215 Å². The first kappa shape index (κ1) is 118. The number of hydrogen-bond donors (Lipinski definition) is 7. The molecule has 0 unspecified atom stereocenters. The van der Waals surface area contributed by atoms with Crippen LogP contribution in [0.25, 0.3) is 0 Å². The molecule has 0 bridgehead atoms. The fourth-order valence-corrected chi connectivity index (χ4v) is 12.0. The molecule has 738 valence electrons. The van der Waals surface area contributed by atoms with Crippen molar-refractivity contribution in [1.82, 2.24) is 45.8 Å². The predicted octanol–water partition coefficient (Wildman–Crippen LogP) is -5.74. The van der Waals surface area contributed by atoms with E-state index in [2.05, 4.69) is 21.3 Å². The minimum atomic E-state index is -2.20. The lowest BCUT2D eigenvalue weighted by Gasteiger charge is -2.32. The van der Waals surface area contributed by atoms with Gasteiger partial charge in [-0.3, -0.25) is 135 Å². The van der Waals surface area contributed by atoms with Gasteiger partial charge in [-0.1, -0.05) is 0 Å². The van der Waals surface area contributed by atoms with Crippen LogP contribution < -0.4 is 21.3 Å². The molecule has 0 rings (SSSR count). The molecule has 0 fully saturated rings. The lowest BCUT2D eigenvalue weighted by Crippen LogP contribution is -2.55. The number of carbonyl (C=O) groups excluding carboxylic acids is 22. The second-order valence-electron chi connectivity index (χ2n) is 28.3. The summed E-state index contributed by atoms with van der Waals surface area (Å²) in [5, 5.41) is 40.2. The second-order valence-corrected chi connectivity index (χ2v) is 28.3. The van der Waals surface area contributed by atoms with Gasteiger partial charge < -0.3 is 122 Å². The maximum atomic E-state index is 14.8. The van der Waals surface area contributed by atoms with Crippen LogP contribution in [0, 0.1) is 0 Å². The van der Waals surface area contributed by atoms with Crippen molar-refractivity contribution in [1.29, 1.82) is 0 Å². The smallest absolute Gasteiger partial charge is 0.317 e. The Labute approximate surface area is 750 Å². The first-order valence-electron chi connectivity index (χ1n) is 40.2. The predicted molar refractivity (Wildman–Crippen MR) is 429 cm³/mol. The van der Waals surface area contributed by atoms with Crippen molar-refractivity contribution in [3.63, 3.8) is 0 Å². The SMILES string of the molecule is CC(=O)OCC[C@@H](OC(C)=O)[C@H](OC(C)=O)[C@@H](OC(C)=O)C(=O)NCCN(CCNC(=O)[C@H](OC(C)=O)[C@@H](OC(C)=O)[C@@H](CCOC(C)=O)OC(C)=O)C(=O)CN(CCN(CCN(CC(=O)O)CC(=O)N(CCNC(=O)[C@H](OC(C)=O)[C@@H](OC(C)=O)[C@@H](CCOC(C)=O)OC(C)=O)CCNC(=O)[C@H](OC(C)=O)[C@@H](OC(C)=O)[C@@H](CCOC(C)=O)OC(C)=O)CC(=O)O)CC(=O)O. The normalized spacial score (nSPS) is 13.6. The van der Waals surface area contributed by atoms with Crippen molar-refractivity contribution in [2.75, 3.05) is 138 Å². The molecule has 0 aromatic rings. The van der Waals surface area contributed by atoms with Crippen molar-refractivity contribution < 1.29 is 211 Å². The Morgan fingerprint density at radius 2 is 0.397 bits per heavy atom. The Hall–Kier alpha value is -13.4. The van der Waals surface area contributed by atoms with E-state index in [1.807, 2.05) is 0 Å². The van der Waals surface area contributed by atoms with E-state index in [4.69, 9.17) is 75.8 Å². The molecular formula is C78H117N9O44. The van der Waals surface area contributed by atoms with Gasteiger partial charge >= 0.3 is 113 Å². The summed E-state index contributed by atoms with van der Waals surface area (Å²) in [5.41, 5.74) is 0. The molecule has 12 atom stereocenters. The van der Waals surface area contributed by atoms with E-state index in [1.165, 1.54) is 0 Å².